The predicted molar refractivity (Wildman–Crippen MR) is 121 cm³/mol. The SMILES string of the molecule is O=C(/C=C/c1ccc(-c2ccccc2[N+](=O)[O-])o1)Nc1ccc(N2CCCCC2)c(F)c1. The molecule has 32 heavy (non-hydrogen) atoms. The van der Waals surface area contributed by atoms with Gasteiger partial charge < -0.3 is 14.6 Å². The van der Waals surface area contributed by atoms with E-state index in [0.717, 1.165) is 32.4 Å². The molecule has 8 heteroatoms. The van der Waals surface area contributed by atoms with Gasteiger partial charge >= 0.3 is 0 Å². The minimum Gasteiger partial charge on any atom is -0.456 e. The van der Waals surface area contributed by atoms with Crippen molar-refractivity contribution in [2.75, 3.05) is 23.3 Å². The number of halogens is 1. The van der Waals surface area contributed by atoms with Crippen LogP contribution in [0.25, 0.3) is 17.4 Å². The fourth-order valence-electron chi connectivity index (χ4n) is 3.75. The largest absolute Gasteiger partial charge is 0.456 e. The number of carbonyl (C=O) groups excluding carboxylic acids is 1. The molecule has 2 heterocycles. The minimum atomic E-state index is -0.476. The highest BCUT2D eigenvalue weighted by molar-refractivity contribution is 6.01. The maximum Gasteiger partial charge on any atom is 0.280 e. The second-order valence-corrected chi connectivity index (χ2v) is 7.51. The number of nitrogens with zero attached hydrogens (tertiary/aromatic N) is 2. The molecule has 0 unspecified atom stereocenters. The van der Waals surface area contributed by atoms with E-state index in [1.807, 2.05) is 4.90 Å². The van der Waals surface area contributed by atoms with Gasteiger partial charge in [0.1, 0.15) is 17.3 Å². The van der Waals surface area contributed by atoms with Crippen LogP contribution in [0.15, 0.2) is 65.1 Å². The van der Waals surface area contributed by atoms with Crippen LogP contribution in [0.4, 0.5) is 21.5 Å². The number of amides is 1. The van der Waals surface area contributed by atoms with Crippen molar-refractivity contribution in [1.29, 1.82) is 0 Å². The van der Waals surface area contributed by atoms with E-state index >= 15 is 0 Å². The Morgan fingerprint density at radius 3 is 2.62 bits per heavy atom. The average molecular weight is 435 g/mol. The van der Waals surface area contributed by atoms with E-state index in [1.165, 1.54) is 24.3 Å². The molecule has 1 aliphatic heterocycles. The summed E-state index contributed by atoms with van der Waals surface area (Å²) < 4.78 is 20.1. The number of para-hydroxylation sites is 1. The van der Waals surface area contributed by atoms with E-state index in [1.54, 1.807) is 42.5 Å². The molecule has 0 aliphatic carbocycles. The smallest absolute Gasteiger partial charge is 0.280 e. The number of carbonyl (C=O) groups is 1. The summed E-state index contributed by atoms with van der Waals surface area (Å²) in [7, 11) is 0. The summed E-state index contributed by atoms with van der Waals surface area (Å²) in [5, 5.41) is 13.8. The summed E-state index contributed by atoms with van der Waals surface area (Å²) in [5.41, 5.74) is 1.20. The van der Waals surface area contributed by atoms with Gasteiger partial charge in [-0.1, -0.05) is 12.1 Å². The number of hydrogen-bond acceptors (Lipinski definition) is 5. The Hall–Kier alpha value is -3.94. The molecule has 1 fully saturated rings. The van der Waals surface area contributed by atoms with Crippen LogP contribution in [-0.2, 0) is 4.79 Å². The number of nitro benzene ring substituents is 1. The highest BCUT2D eigenvalue weighted by Gasteiger charge is 2.17. The van der Waals surface area contributed by atoms with Crippen LogP contribution in [0.2, 0.25) is 0 Å². The van der Waals surface area contributed by atoms with E-state index in [0.29, 0.717) is 28.5 Å². The van der Waals surface area contributed by atoms with Crippen LogP contribution >= 0.6 is 0 Å². The topological polar surface area (TPSA) is 88.6 Å². The van der Waals surface area contributed by atoms with Gasteiger partial charge in [-0.15, -0.1) is 0 Å². The van der Waals surface area contributed by atoms with Crippen LogP contribution in [0.5, 0.6) is 0 Å². The zero-order valence-electron chi connectivity index (χ0n) is 17.3. The molecule has 4 rings (SSSR count). The van der Waals surface area contributed by atoms with Gasteiger partial charge in [0.25, 0.3) is 5.69 Å². The molecular weight excluding hydrogens is 413 g/mol. The lowest BCUT2D eigenvalue weighted by Crippen LogP contribution is -2.30. The first-order chi connectivity index (χ1) is 15.5. The first kappa shape index (κ1) is 21.3. The first-order valence-electron chi connectivity index (χ1n) is 10.4. The van der Waals surface area contributed by atoms with E-state index < -0.39 is 10.8 Å². The van der Waals surface area contributed by atoms with Gasteiger partial charge in [-0.2, -0.15) is 0 Å². The Labute approximate surface area is 184 Å². The summed E-state index contributed by atoms with van der Waals surface area (Å²) >= 11 is 0. The Bertz CT molecular complexity index is 1170. The fourth-order valence-corrected chi connectivity index (χ4v) is 3.75. The van der Waals surface area contributed by atoms with Gasteiger partial charge in [0.15, 0.2) is 0 Å². The Balaban J connectivity index is 1.41. The van der Waals surface area contributed by atoms with Crippen molar-refractivity contribution >= 4 is 29.0 Å². The summed E-state index contributed by atoms with van der Waals surface area (Å²) in [4.78, 5) is 25.0. The van der Waals surface area contributed by atoms with Crippen molar-refractivity contribution in [3.05, 3.63) is 82.4 Å². The predicted octanol–water partition coefficient (Wildman–Crippen LogP) is 5.64. The summed E-state index contributed by atoms with van der Waals surface area (Å²) in [5.74, 6) is -0.125. The van der Waals surface area contributed by atoms with Gasteiger partial charge in [-0.25, -0.2) is 4.39 Å². The third-order valence-corrected chi connectivity index (χ3v) is 5.30. The van der Waals surface area contributed by atoms with E-state index in [9.17, 15) is 19.3 Å². The molecule has 0 spiro atoms. The summed E-state index contributed by atoms with van der Waals surface area (Å²) in [6, 6.07) is 14.2. The van der Waals surface area contributed by atoms with Gasteiger partial charge in [-0.05, 0) is 61.7 Å². The molecule has 0 radical (unpaired) electrons. The number of piperidine rings is 1. The number of hydrogen-bond donors (Lipinski definition) is 1. The van der Waals surface area contributed by atoms with Crippen LogP contribution in [-0.4, -0.2) is 23.9 Å². The van der Waals surface area contributed by atoms with Crippen LogP contribution in [0, 0.1) is 15.9 Å². The lowest BCUT2D eigenvalue weighted by Gasteiger charge is -2.29. The third kappa shape index (κ3) is 4.85. The van der Waals surface area contributed by atoms with E-state index in [4.69, 9.17) is 4.42 Å². The monoisotopic (exact) mass is 435 g/mol. The zero-order chi connectivity index (χ0) is 22.5. The molecule has 0 bridgehead atoms. The van der Waals surface area contributed by atoms with E-state index in [2.05, 4.69) is 5.32 Å². The molecule has 1 amide bonds. The van der Waals surface area contributed by atoms with Crippen LogP contribution < -0.4 is 10.2 Å². The van der Waals surface area contributed by atoms with Crippen molar-refractivity contribution in [3.8, 4) is 11.3 Å². The standard InChI is InChI=1S/C24H22FN3O4/c25-20-16-17(8-11-22(20)27-14-4-1-5-15-27)26-24(29)13-10-18-9-12-23(32-18)19-6-2-3-7-21(19)28(30)31/h2-3,6-13,16H,1,4-5,14-15H2,(H,26,29)/b13-10+. The van der Waals surface area contributed by atoms with Crippen molar-refractivity contribution in [1.82, 2.24) is 0 Å². The molecule has 1 aromatic heterocycles. The van der Waals surface area contributed by atoms with Gasteiger partial charge in [0.2, 0.25) is 5.91 Å². The second-order valence-electron chi connectivity index (χ2n) is 7.51. The maximum atomic E-state index is 14.5. The molecule has 1 aliphatic rings. The molecule has 0 atom stereocenters. The fraction of sp³-hybridized carbons (Fsp3) is 0.208. The average Bonchev–Trinajstić information content (AvgIpc) is 3.27. The number of benzene rings is 2. The highest BCUT2D eigenvalue weighted by Crippen LogP contribution is 2.31. The normalized spacial score (nSPS) is 14.0. The van der Waals surface area contributed by atoms with Crippen molar-refractivity contribution in [2.45, 2.75) is 19.3 Å². The second kappa shape index (κ2) is 9.47. The van der Waals surface area contributed by atoms with Gasteiger partial charge in [0, 0.05) is 30.9 Å². The van der Waals surface area contributed by atoms with Crippen LogP contribution in [0.1, 0.15) is 25.0 Å². The number of furan rings is 1. The molecule has 0 saturated carbocycles. The maximum absolute atomic E-state index is 14.5. The molecule has 1 N–H and O–H groups in total. The number of rotatable bonds is 6. The molecule has 1 saturated heterocycles. The van der Waals surface area contributed by atoms with Crippen molar-refractivity contribution < 1.29 is 18.5 Å². The Kier molecular flexibility index (Phi) is 6.30. The van der Waals surface area contributed by atoms with Crippen molar-refractivity contribution in [3.63, 3.8) is 0 Å². The summed E-state index contributed by atoms with van der Waals surface area (Å²) in [6.45, 7) is 1.67. The molecule has 3 aromatic rings. The minimum absolute atomic E-state index is 0.0647. The Morgan fingerprint density at radius 2 is 1.88 bits per heavy atom. The van der Waals surface area contributed by atoms with Gasteiger partial charge in [0.05, 0.1) is 16.2 Å². The molecular formula is C24H22FN3O4. The van der Waals surface area contributed by atoms with Crippen LogP contribution in [0.3, 0.4) is 0 Å². The van der Waals surface area contributed by atoms with Gasteiger partial charge in [-0.3, -0.25) is 14.9 Å². The Morgan fingerprint density at radius 1 is 1.09 bits per heavy atom. The van der Waals surface area contributed by atoms with Crippen molar-refractivity contribution in [2.24, 2.45) is 0 Å². The first-order valence-corrected chi connectivity index (χ1v) is 10.4. The quantitative estimate of drug-likeness (QED) is 0.308. The number of nitrogens with one attached hydrogen (secondary N) is 1. The highest BCUT2D eigenvalue weighted by atomic mass is 19.1. The number of nitro groups is 1. The number of anilines is 2. The lowest BCUT2D eigenvalue weighted by molar-refractivity contribution is -0.384. The molecule has 164 valence electrons. The summed E-state index contributed by atoms with van der Waals surface area (Å²) in [6.07, 6.45) is 5.98. The molecule has 2 aromatic carbocycles. The third-order valence-electron chi connectivity index (χ3n) is 5.30. The lowest BCUT2D eigenvalue weighted by atomic mass is 10.1. The zero-order valence-corrected chi connectivity index (χ0v) is 17.3. The molecule has 7 nitrogen and oxygen atoms in total. The van der Waals surface area contributed by atoms with E-state index in [-0.39, 0.29) is 11.5 Å².